The highest BCUT2D eigenvalue weighted by Gasteiger charge is 2.40. The number of alkyl halides is 3. The Bertz CT molecular complexity index is 1090. The summed E-state index contributed by atoms with van der Waals surface area (Å²) in [7, 11) is -2.87. The van der Waals surface area contributed by atoms with Crippen LogP contribution in [0.2, 0.25) is 0 Å². The number of esters is 2. The predicted molar refractivity (Wildman–Crippen MR) is 126 cm³/mol. The smallest absolute Gasteiger partial charge is 0.412 e. The van der Waals surface area contributed by atoms with Gasteiger partial charge in [0, 0.05) is 11.8 Å². The van der Waals surface area contributed by atoms with E-state index < -0.39 is 43.9 Å². The molecule has 194 valence electrons. The van der Waals surface area contributed by atoms with Gasteiger partial charge in [-0.15, -0.1) is 11.3 Å². The number of thiophene rings is 1. The molecule has 8 nitrogen and oxygen atoms in total. The van der Waals surface area contributed by atoms with Crippen molar-refractivity contribution in [3.63, 3.8) is 0 Å². The molecule has 0 fully saturated rings. The maximum atomic E-state index is 13.6. The first kappa shape index (κ1) is 29.0. The zero-order valence-corrected chi connectivity index (χ0v) is 21.1. The zero-order valence-electron chi connectivity index (χ0n) is 19.4. The molecule has 0 radical (unpaired) electrons. The fourth-order valence-electron chi connectivity index (χ4n) is 2.93. The van der Waals surface area contributed by atoms with Crippen LogP contribution in [0.15, 0.2) is 36.9 Å². The number of halogens is 3. The van der Waals surface area contributed by atoms with E-state index in [2.05, 4.69) is 11.7 Å². The number of fused-ring (bicyclic) bond motifs is 1. The molecule has 0 bridgehead atoms. The number of hydrogen-bond acceptors (Lipinski definition) is 8. The van der Waals surface area contributed by atoms with Crippen molar-refractivity contribution in [2.75, 3.05) is 33.5 Å². The van der Waals surface area contributed by atoms with Gasteiger partial charge in [0.1, 0.15) is 24.1 Å². The van der Waals surface area contributed by atoms with Gasteiger partial charge in [0.05, 0.1) is 12.3 Å². The molecule has 2 rings (SSSR count). The number of ether oxygens (including phenoxy) is 3. The van der Waals surface area contributed by atoms with Gasteiger partial charge in [-0.1, -0.05) is 18.7 Å². The minimum absolute atomic E-state index is 0.0485. The number of hydrogen-bond donors (Lipinski definition) is 1. The maximum absolute atomic E-state index is 13.6. The van der Waals surface area contributed by atoms with Gasteiger partial charge in [-0.3, -0.25) is 9.36 Å². The van der Waals surface area contributed by atoms with E-state index in [-0.39, 0.29) is 19.8 Å². The van der Waals surface area contributed by atoms with E-state index in [1.54, 1.807) is 24.3 Å². The average molecular weight is 537 g/mol. The molecule has 1 aromatic heterocycles. The van der Waals surface area contributed by atoms with Gasteiger partial charge < -0.3 is 18.7 Å². The van der Waals surface area contributed by atoms with Crippen LogP contribution in [0.5, 0.6) is 0 Å². The van der Waals surface area contributed by atoms with Crippen molar-refractivity contribution in [3.05, 3.63) is 47.4 Å². The first-order chi connectivity index (χ1) is 16.4. The second kappa shape index (κ2) is 12.6. The molecule has 0 saturated heterocycles. The molecule has 35 heavy (non-hydrogen) atoms. The van der Waals surface area contributed by atoms with Crippen LogP contribution in [-0.4, -0.2) is 57.7 Å². The Morgan fingerprint density at radius 1 is 1.20 bits per heavy atom. The molecule has 1 N–H and O–H groups in total. The zero-order chi connectivity index (χ0) is 26.2. The van der Waals surface area contributed by atoms with Crippen molar-refractivity contribution in [1.29, 1.82) is 0 Å². The van der Waals surface area contributed by atoms with E-state index in [9.17, 15) is 27.3 Å². The topological polar surface area (TPSA) is 100 Å². The summed E-state index contributed by atoms with van der Waals surface area (Å²) in [4.78, 5) is 24.6. The quantitative estimate of drug-likeness (QED) is 0.160. The SMILES string of the molecule is C=CCOC(=O)c1cc2cc(C(C)P(=O)(N[C@@H](C)C(=O)OCCOC)OCC(F)(F)F)ccc2s1. The summed E-state index contributed by atoms with van der Waals surface area (Å²) in [6.45, 7) is 4.56. The molecule has 2 aromatic rings. The molecule has 0 spiro atoms. The van der Waals surface area contributed by atoms with E-state index in [1.165, 1.54) is 38.4 Å². The highest BCUT2D eigenvalue weighted by molar-refractivity contribution is 7.57. The molecule has 3 atom stereocenters. The van der Waals surface area contributed by atoms with Gasteiger partial charge in [-0.05, 0) is 43.0 Å². The van der Waals surface area contributed by atoms with Gasteiger partial charge in [-0.2, -0.15) is 13.2 Å². The van der Waals surface area contributed by atoms with Crippen LogP contribution in [0.4, 0.5) is 13.2 Å². The first-order valence-corrected chi connectivity index (χ1v) is 13.0. The van der Waals surface area contributed by atoms with Crippen LogP contribution in [-0.2, 0) is 28.1 Å². The summed E-state index contributed by atoms with van der Waals surface area (Å²) in [5.74, 6) is -1.36. The minimum atomic E-state index is -4.74. The molecular weight excluding hydrogens is 510 g/mol. The second-order valence-corrected chi connectivity index (χ2v) is 11.0. The van der Waals surface area contributed by atoms with Crippen LogP contribution in [0.25, 0.3) is 10.1 Å². The van der Waals surface area contributed by atoms with Gasteiger partial charge in [-0.25, -0.2) is 9.88 Å². The average Bonchev–Trinajstić information content (AvgIpc) is 3.24. The molecule has 1 heterocycles. The number of methoxy groups -OCH3 is 1. The summed E-state index contributed by atoms with van der Waals surface area (Å²) >= 11 is 1.18. The summed E-state index contributed by atoms with van der Waals surface area (Å²) in [5, 5.41) is 3.03. The number of nitrogens with one attached hydrogen (secondary N) is 1. The Hall–Kier alpha value is -2.24. The largest absolute Gasteiger partial charge is 0.462 e. The Kier molecular flexibility index (Phi) is 10.5. The second-order valence-electron chi connectivity index (χ2n) is 7.47. The molecule has 2 unspecified atom stereocenters. The number of benzene rings is 1. The van der Waals surface area contributed by atoms with Crippen LogP contribution in [0.3, 0.4) is 0 Å². The van der Waals surface area contributed by atoms with Crippen molar-refractivity contribution in [2.45, 2.75) is 31.7 Å². The number of carbonyl (C=O) groups excluding carboxylic acids is 2. The van der Waals surface area contributed by atoms with E-state index in [1.807, 2.05) is 0 Å². The molecule has 13 heteroatoms. The molecule has 0 aliphatic heterocycles. The normalized spacial score (nSPS) is 15.3. The van der Waals surface area contributed by atoms with Crippen molar-refractivity contribution >= 4 is 40.9 Å². The summed E-state index contributed by atoms with van der Waals surface area (Å²) in [6.07, 6.45) is -3.30. The fourth-order valence-corrected chi connectivity index (χ4v) is 5.92. The summed E-state index contributed by atoms with van der Waals surface area (Å²) in [6, 6.07) is 5.20. The van der Waals surface area contributed by atoms with E-state index in [0.29, 0.717) is 15.8 Å². The van der Waals surface area contributed by atoms with E-state index in [0.717, 1.165) is 4.70 Å². The maximum Gasteiger partial charge on any atom is 0.412 e. The van der Waals surface area contributed by atoms with Crippen molar-refractivity contribution in [2.24, 2.45) is 0 Å². The lowest BCUT2D eigenvalue weighted by Crippen LogP contribution is -2.36. The highest BCUT2D eigenvalue weighted by atomic mass is 32.1. The summed E-state index contributed by atoms with van der Waals surface area (Å²) < 4.78 is 72.7. The third kappa shape index (κ3) is 8.43. The van der Waals surface area contributed by atoms with Gasteiger partial charge in [0.25, 0.3) is 7.52 Å². The Balaban J connectivity index is 2.31. The molecule has 0 amide bonds. The van der Waals surface area contributed by atoms with Gasteiger partial charge >= 0.3 is 18.1 Å². The van der Waals surface area contributed by atoms with Crippen LogP contribution in [0, 0.1) is 0 Å². The fraction of sp³-hybridized carbons (Fsp3) is 0.455. The van der Waals surface area contributed by atoms with Crippen LogP contribution >= 0.6 is 18.9 Å². The highest BCUT2D eigenvalue weighted by Crippen LogP contribution is 2.57. The van der Waals surface area contributed by atoms with E-state index in [4.69, 9.17) is 18.7 Å². The summed E-state index contributed by atoms with van der Waals surface area (Å²) in [5.41, 5.74) is -0.682. The lowest BCUT2D eigenvalue weighted by Gasteiger charge is -2.28. The molecule has 0 aliphatic carbocycles. The van der Waals surface area contributed by atoms with Gasteiger partial charge in [0.15, 0.2) is 6.61 Å². The van der Waals surface area contributed by atoms with Crippen molar-refractivity contribution in [1.82, 2.24) is 5.09 Å². The number of rotatable bonds is 13. The van der Waals surface area contributed by atoms with Crippen molar-refractivity contribution in [3.8, 4) is 0 Å². The predicted octanol–water partition coefficient (Wildman–Crippen LogP) is 5.24. The molecular formula is C22H27F3NO7PS. The molecule has 0 saturated carbocycles. The lowest BCUT2D eigenvalue weighted by molar-refractivity contribution is -0.153. The Morgan fingerprint density at radius 2 is 1.91 bits per heavy atom. The number of carbonyl (C=O) groups is 2. The third-order valence-electron chi connectivity index (χ3n) is 4.75. The van der Waals surface area contributed by atoms with Crippen LogP contribution in [0.1, 0.15) is 34.7 Å². The van der Waals surface area contributed by atoms with Crippen molar-refractivity contribution < 1.29 is 46.1 Å². The molecule has 0 aliphatic rings. The minimum Gasteiger partial charge on any atom is -0.462 e. The monoisotopic (exact) mass is 537 g/mol. The lowest BCUT2D eigenvalue weighted by atomic mass is 10.1. The third-order valence-corrected chi connectivity index (χ3v) is 8.42. The van der Waals surface area contributed by atoms with E-state index >= 15 is 0 Å². The van der Waals surface area contributed by atoms with Gasteiger partial charge in [0.2, 0.25) is 0 Å². The standard InChI is InChI=1S/C22H27F3NO7PS/c1-5-8-31-21(28)19-12-17-11-16(6-7-18(17)35-19)15(3)34(29,33-13-22(23,24)25)26-14(2)20(27)32-10-9-30-4/h5-7,11-12,14-15H,1,8-10,13H2,2-4H3,(H,26,29)/t14-,15?,34?/m0/s1. The Labute approximate surface area is 204 Å². The van der Waals surface area contributed by atoms with Crippen LogP contribution < -0.4 is 5.09 Å². The molecule has 1 aromatic carbocycles. The Morgan fingerprint density at radius 3 is 2.54 bits per heavy atom. The first-order valence-electron chi connectivity index (χ1n) is 10.5.